The van der Waals surface area contributed by atoms with Crippen molar-refractivity contribution in [1.82, 2.24) is 10.2 Å². The maximum atomic E-state index is 12.7. The van der Waals surface area contributed by atoms with Crippen LogP contribution < -0.4 is 5.32 Å². The van der Waals surface area contributed by atoms with Crippen molar-refractivity contribution in [3.63, 3.8) is 0 Å². The van der Waals surface area contributed by atoms with Crippen molar-refractivity contribution in [3.8, 4) is 0 Å². The van der Waals surface area contributed by atoms with E-state index in [0.29, 0.717) is 25.9 Å². The largest absolute Gasteiger partial charge is 0.406 e. The van der Waals surface area contributed by atoms with E-state index < -0.39 is 12.7 Å². The molecule has 0 aliphatic carbocycles. The molecule has 0 saturated carbocycles. The Morgan fingerprint density at radius 1 is 1.26 bits per heavy atom. The summed E-state index contributed by atoms with van der Waals surface area (Å²) in [6.45, 7) is 5.63. The molecule has 1 fully saturated rings. The van der Waals surface area contributed by atoms with E-state index in [4.69, 9.17) is 0 Å². The smallest absolute Gasteiger partial charge is 0.330 e. The van der Waals surface area contributed by atoms with Gasteiger partial charge in [-0.2, -0.15) is 13.2 Å². The second kappa shape index (κ2) is 6.59. The summed E-state index contributed by atoms with van der Waals surface area (Å²) in [6.07, 6.45) is -3.16. The third-order valence-corrected chi connectivity index (χ3v) is 3.77. The molecule has 0 aromatic rings. The number of alkyl halides is 3. The molecule has 0 bridgehead atoms. The lowest BCUT2D eigenvalue weighted by Crippen LogP contribution is -2.51. The van der Waals surface area contributed by atoms with Crippen molar-refractivity contribution >= 4 is 5.91 Å². The van der Waals surface area contributed by atoms with Crippen LogP contribution in [0.4, 0.5) is 13.2 Å². The summed E-state index contributed by atoms with van der Waals surface area (Å²) < 4.78 is 38.0. The topological polar surface area (TPSA) is 32.3 Å². The van der Waals surface area contributed by atoms with Gasteiger partial charge in [-0.1, -0.05) is 20.8 Å². The minimum absolute atomic E-state index is 0.0462. The summed E-state index contributed by atoms with van der Waals surface area (Å²) in [7, 11) is 0. The standard InChI is InChI=1S/C13H23F3N2O/c1-9(2)10(3)12(19)18(8-13(14,15)16)11-4-6-17-7-5-11/h9-11,17H,4-8H2,1-3H3. The van der Waals surface area contributed by atoms with Gasteiger partial charge in [0.05, 0.1) is 0 Å². The molecule has 19 heavy (non-hydrogen) atoms. The molecule has 6 heteroatoms. The first kappa shape index (κ1) is 16.3. The number of piperidine rings is 1. The fraction of sp³-hybridized carbons (Fsp3) is 0.923. The summed E-state index contributed by atoms with van der Waals surface area (Å²) in [6, 6.07) is -0.295. The van der Waals surface area contributed by atoms with E-state index in [1.54, 1.807) is 6.92 Å². The van der Waals surface area contributed by atoms with Crippen LogP contribution in [0.15, 0.2) is 0 Å². The van der Waals surface area contributed by atoms with Crippen molar-refractivity contribution < 1.29 is 18.0 Å². The Bertz CT molecular complexity index is 299. The maximum absolute atomic E-state index is 12.7. The first-order valence-electron chi connectivity index (χ1n) is 6.80. The molecule has 0 aromatic heterocycles. The number of amides is 1. The van der Waals surface area contributed by atoms with Crippen LogP contribution in [0.1, 0.15) is 33.6 Å². The van der Waals surface area contributed by atoms with Crippen LogP contribution in [0.3, 0.4) is 0 Å². The van der Waals surface area contributed by atoms with E-state index in [-0.39, 0.29) is 23.8 Å². The second-order valence-corrected chi connectivity index (χ2v) is 5.60. The lowest BCUT2D eigenvalue weighted by molar-refractivity contribution is -0.169. The Morgan fingerprint density at radius 2 is 1.79 bits per heavy atom. The van der Waals surface area contributed by atoms with Gasteiger partial charge in [-0.3, -0.25) is 4.79 Å². The van der Waals surface area contributed by atoms with Gasteiger partial charge in [0.25, 0.3) is 0 Å². The van der Waals surface area contributed by atoms with Gasteiger partial charge in [0.15, 0.2) is 0 Å². The van der Waals surface area contributed by atoms with Gasteiger partial charge < -0.3 is 10.2 Å². The zero-order valence-electron chi connectivity index (χ0n) is 11.8. The first-order chi connectivity index (χ1) is 8.72. The van der Waals surface area contributed by atoms with Gasteiger partial charge in [-0.15, -0.1) is 0 Å². The van der Waals surface area contributed by atoms with E-state index in [1.807, 2.05) is 13.8 Å². The zero-order valence-corrected chi connectivity index (χ0v) is 11.8. The van der Waals surface area contributed by atoms with Crippen LogP contribution in [0.2, 0.25) is 0 Å². The summed E-state index contributed by atoms with van der Waals surface area (Å²) in [5, 5.41) is 3.10. The summed E-state index contributed by atoms with van der Waals surface area (Å²) >= 11 is 0. The third-order valence-electron chi connectivity index (χ3n) is 3.77. The molecule has 0 aromatic carbocycles. The Labute approximate surface area is 112 Å². The van der Waals surface area contributed by atoms with E-state index in [0.717, 1.165) is 4.90 Å². The van der Waals surface area contributed by atoms with Crippen LogP contribution in [-0.2, 0) is 4.79 Å². The number of nitrogens with one attached hydrogen (secondary N) is 1. The fourth-order valence-corrected chi connectivity index (χ4v) is 2.25. The predicted octanol–water partition coefficient (Wildman–Crippen LogP) is 2.42. The molecule has 1 heterocycles. The molecule has 1 aliphatic rings. The van der Waals surface area contributed by atoms with Gasteiger partial charge in [0, 0.05) is 12.0 Å². The minimum atomic E-state index is -4.34. The number of nitrogens with zero attached hydrogens (tertiary/aromatic N) is 1. The van der Waals surface area contributed by atoms with Crippen molar-refractivity contribution in [1.29, 1.82) is 0 Å². The fourth-order valence-electron chi connectivity index (χ4n) is 2.25. The summed E-state index contributed by atoms with van der Waals surface area (Å²) in [5.41, 5.74) is 0. The van der Waals surface area contributed by atoms with Crippen LogP contribution >= 0.6 is 0 Å². The Hall–Kier alpha value is -0.780. The van der Waals surface area contributed by atoms with Gasteiger partial charge in [-0.05, 0) is 31.8 Å². The second-order valence-electron chi connectivity index (χ2n) is 5.60. The zero-order chi connectivity index (χ0) is 14.6. The average Bonchev–Trinajstić information content (AvgIpc) is 2.34. The highest BCUT2D eigenvalue weighted by Crippen LogP contribution is 2.24. The number of carbonyl (C=O) groups is 1. The highest BCUT2D eigenvalue weighted by molar-refractivity contribution is 5.79. The van der Waals surface area contributed by atoms with Crippen LogP contribution in [0.25, 0.3) is 0 Å². The van der Waals surface area contributed by atoms with E-state index >= 15 is 0 Å². The van der Waals surface area contributed by atoms with E-state index in [2.05, 4.69) is 5.32 Å². The number of hydrogen-bond acceptors (Lipinski definition) is 2. The molecular formula is C13H23F3N2O. The van der Waals surface area contributed by atoms with E-state index in [1.165, 1.54) is 0 Å². The highest BCUT2D eigenvalue weighted by Gasteiger charge is 2.38. The number of rotatable bonds is 4. The van der Waals surface area contributed by atoms with E-state index in [9.17, 15) is 18.0 Å². The Balaban J connectivity index is 2.81. The lowest BCUT2D eigenvalue weighted by atomic mass is 9.94. The molecule has 1 saturated heterocycles. The van der Waals surface area contributed by atoms with Gasteiger partial charge in [-0.25, -0.2) is 0 Å². The van der Waals surface area contributed by atoms with Crippen LogP contribution in [0, 0.1) is 11.8 Å². The first-order valence-corrected chi connectivity index (χ1v) is 6.80. The van der Waals surface area contributed by atoms with Crippen molar-refractivity contribution in [2.24, 2.45) is 11.8 Å². The van der Waals surface area contributed by atoms with Crippen LogP contribution in [0.5, 0.6) is 0 Å². The van der Waals surface area contributed by atoms with Crippen molar-refractivity contribution in [2.75, 3.05) is 19.6 Å². The summed E-state index contributed by atoms with van der Waals surface area (Å²) in [5.74, 6) is -0.707. The normalized spacial score (nSPS) is 19.5. The predicted molar refractivity (Wildman–Crippen MR) is 67.7 cm³/mol. The minimum Gasteiger partial charge on any atom is -0.330 e. The SMILES string of the molecule is CC(C)C(C)C(=O)N(CC(F)(F)F)C1CCNCC1. The molecule has 3 nitrogen and oxygen atoms in total. The summed E-state index contributed by atoms with van der Waals surface area (Å²) in [4.78, 5) is 13.3. The van der Waals surface area contributed by atoms with Gasteiger partial charge in [0.1, 0.15) is 6.54 Å². The molecule has 1 N–H and O–H groups in total. The monoisotopic (exact) mass is 280 g/mol. The molecule has 112 valence electrons. The number of halogens is 3. The van der Waals surface area contributed by atoms with Gasteiger partial charge >= 0.3 is 6.18 Å². The van der Waals surface area contributed by atoms with Crippen LogP contribution in [-0.4, -0.2) is 42.7 Å². The lowest BCUT2D eigenvalue weighted by Gasteiger charge is -2.37. The number of carbonyl (C=O) groups excluding carboxylic acids is 1. The Morgan fingerprint density at radius 3 is 2.21 bits per heavy atom. The molecule has 1 rings (SSSR count). The molecular weight excluding hydrogens is 257 g/mol. The quantitative estimate of drug-likeness (QED) is 0.857. The molecule has 1 amide bonds. The van der Waals surface area contributed by atoms with Crippen molar-refractivity contribution in [3.05, 3.63) is 0 Å². The number of hydrogen-bond donors (Lipinski definition) is 1. The molecule has 1 aliphatic heterocycles. The molecule has 1 atom stereocenters. The third kappa shape index (κ3) is 5.01. The molecule has 1 unspecified atom stereocenters. The molecule has 0 radical (unpaired) electrons. The maximum Gasteiger partial charge on any atom is 0.406 e. The Kier molecular flexibility index (Phi) is 5.64. The average molecular weight is 280 g/mol. The highest BCUT2D eigenvalue weighted by atomic mass is 19.4. The van der Waals surface area contributed by atoms with Crippen molar-refractivity contribution in [2.45, 2.75) is 45.8 Å². The van der Waals surface area contributed by atoms with Gasteiger partial charge in [0.2, 0.25) is 5.91 Å². The molecule has 0 spiro atoms.